The Morgan fingerprint density at radius 3 is 2.03 bits per heavy atom. The molecule has 4 aromatic rings. The predicted molar refractivity (Wildman–Crippen MR) is 142 cm³/mol. The lowest BCUT2D eigenvalue weighted by atomic mass is 9.94. The Bertz CT molecular complexity index is 1330. The highest BCUT2D eigenvalue weighted by molar-refractivity contribution is 6.12. The summed E-state index contributed by atoms with van der Waals surface area (Å²) < 4.78 is 8.00. The van der Waals surface area contributed by atoms with E-state index in [1.54, 1.807) is 0 Å². The van der Waals surface area contributed by atoms with Gasteiger partial charge in [-0.3, -0.25) is 4.79 Å². The number of rotatable bonds is 7. The molecule has 0 aliphatic heterocycles. The van der Waals surface area contributed by atoms with Gasteiger partial charge in [-0.1, -0.05) is 110 Å². The molecule has 1 fully saturated rings. The first kappa shape index (κ1) is 23.8. The summed E-state index contributed by atoms with van der Waals surface area (Å²) >= 11 is 0. The minimum Gasteiger partial charge on any atom is -0.457 e. The quantitative estimate of drug-likeness (QED) is 0.204. The molecule has 0 N–H and O–H groups in total. The number of nitrogens with zero attached hydrogens (tertiary/aromatic N) is 1. The standard InChI is InChI=1S/C32H31NO3/c1-23-28(32(35)36-22-24-14-6-2-7-15-24)30(25-16-8-3-9-17-25)33(27-20-12-5-13-21-27)29(23)31(34)26-18-10-4-11-19-26/h2-4,6-11,14-19,27H,5,12-13,20-22H2,1H3. The van der Waals surface area contributed by atoms with E-state index in [1.807, 2.05) is 97.9 Å². The first-order chi connectivity index (χ1) is 17.6. The Labute approximate surface area is 212 Å². The molecular weight excluding hydrogens is 446 g/mol. The molecule has 0 bridgehead atoms. The molecule has 0 atom stereocenters. The van der Waals surface area contributed by atoms with Crippen molar-refractivity contribution in [1.29, 1.82) is 0 Å². The van der Waals surface area contributed by atoms with Gasteiger partial charge >= 0.3 is 5.97 Å². The van der Waals surface area contributed by atoms with Gasteiger partial charge in [0.2, 0.25) is 5.78 Å². The topological polar surface area (TPSA) is 48.3 Å². The fraction of sp³-hybridized carbons (Fsp3) is 0.250. The van der Waals surface area contributed by atoms with Crippen molar-refractivity contribution in [2.45, 2.75) is 51.7 Å². The number of hydrogen-bond acceptors (Lipinski definition) is 3. The third kappa shape index (κ3) is 4.76. The first-order valence-electron chi connectivity index (χ1n) is 12.8. The van der Waals surface area contributed by atoms with Crippen LogP contribution in [0.4, 0.5) is 0 Å². The Morgan fingerprint density at radius 1 is 0.806 bits per heavy atom. The summed E-state index contributed by atoms with van der Waals surface area (Å²) in [6.45, 7) is 2.07. The van der Waals surface area contributed by atoms with Crippen LogP contribution in [-0.2, 0) is 11.3 Å². The van der Waals surface area contributed by atoms with Crippen LogP contribution in [0.15, 0.2) is 91.0 Å². The van der Waals surface area contributed by atoms with Crippen molar-refractivity contribution in [1.82, 2.24) is 4.57 Å². The van der Waals surface area contributed by atoms with Crippen LogP contribution in [-0.4, -0.2) is 16.3 Å². The van der Waals surface area contributed by atoms with Gasteiger partial charge in [0.25, 0.3) is 0 Å². The molecule has 182 valence electrons. The van der Waals surface area contributed by atoms with E-state index < -0.39 is 5.97 Å². The average Bonchev–Trinajstić information content (AvgIpc) is 3.26. The molecule has 1 aliphatic rings. The lowest BCUT2D eigenvalue weighted by molar-refractivity contribution is 0.0473. The number of hydrogen-bond donors (Lipinski definition) is 0. The number of ether oxygens (including phenoxy) is 1. The average molecular weight is 478 g/mol. The highest BCUT2D eigenvalue weighted by Gasteiger charge is 2.33. The van der Waals surface area contributed by atoms with E-state index in [0.717, 1.165) is 42.5 Å². The zero-order valence-corrected chi connectivity index (χ0v) is 20.7. The van der Waals surface area contributed by atoms with E-state index in [4.69, 9.17) is 4.74 Å². The zero-order valence-electron chi connectivity index (χ0n) is 20.7. The number of carbonyl (C=O) groups excluding carboxylic acids is 2. The molecule has 1 aromatic heterocycles. The number of carbonyl (C=O) groups is 2. The van der Waals surface area contributed by atoms with Crippen LogP contribution in [0.2, 0.25) is 0 Å². The maximum atomic E-state index is 14.0. The Morgan fingerprint density at radius 2 is 1.39 bits per heavy atom. The zero-order chi connectivity index (χ0) is 24.9. The third-order valence-electron chi connectivity index (χ3n) is 7.10. The summed E-state index contributed by atoms with van der Waals surface area (Å²) in [7, 11) is 0. The van der Waals surface area contributed by atoms with Crippen LogP contribution in [0.1, 0.15) is 75.7 Å². The Hall–Kier alpha value is -3.92. The van der Waals surface area contributed by atoms with Crippen LogP contribution in [0.3, 0.4) is 0 Å². The van der Waals surface area contributed by atoms with Gasteiger partial charge in [0.1, 0.15) is 6.61 Å². The maximum Gasteiger partial charge on any atom is 0.340 e. The fourth-order valence-corrected chi connectivity index (χ4v) is 5.34. The maximum absolute atomic E-state index is 14.0. The highest BCUT2D eigenvalue weighted by atomic mass is 16.5. The predicted octanol–water partition coefficient (Wildman–Crippen LogP) is 7.56. The van der Waals surface area contributed by atoms with Gasteiger partial charge in [0.05, 0.1) is 17.0 Å². The van der Waals surface area contributed by atoms with E-state index in [-0.39, 0.29) is 18.4 Å². The van der Waals surface area contributed by atoms with Crippen molar-refractivity contribution in [3.63, 3.8) is 0 Å². The van der Waals surface area contributed by atoms with Gasteiger partial charge < -0.3 is 9.30 Å². The summed E-state index contributed by atoms with van der Waals surface area (Å²) in [6, 6.07) is 29.1. The minimum absolute atomic E-state index is 0.0574. The van der Waals surface area contributed by atoms with Gasteiger partial charge in [-0.15, -0.1) is 0 Å². The summed E-state index contributed by atoms with van der Waals surface area (Å²) in [5.41, 5.74) is 5.03. The van der Waals surface area contributed by atoms with Gasteiger partial charge in [0, 0.05) is 11.6 Å². The molecule has 5 rings (SSSR count). The molecule has 3 aromatic carbocycles. The monoisotopic (exact) mass is 477 g/mol. The van der Waals surface area contributed by atoms with Crippen molar-refractivity contribution in [2.75, 3.05) is 0 Å². The summed E-state index contributed by atoms with van der Waals surface area (Å²) in [5.74, 6) is -0.454. The van der Waals surface area contributed by atoms with Gasteiger partial charge in [0.15, 0.2) is 0 Å². The lowest BCUT2D eigenvalue weighted by Gasteiger charge is -2.28. The fourth-order valence-electron chi connectivity index (χ4n) is 5.34. The van der Waals surface area contributed by atoms with Gasteiger partial charge in [-0.25, -0.2) is 4.79 Å². The molecule has 4 heteroatoms. The number of esters is 1. The smallest absolute Gasteiger partial charge is 0.340 e. The molecule has 36 heavy (non-hydrogen) atoms. The van der Waals surface area contributed by atoms with Crippen molar-refractivity contribution in [3.05, 3.63) is 119 Å². The van der Waals surface area contributed by atoms with Crippen LogP contribution in [0, 0.1) is 6.92 Å². The Kier molecular flexibility index (Phi) is 7.13. The molecule has 4 nitrogen and oxygen atoms in total. The van der Waals surface area contributed by atoms with Crippen LogP contribution in [0.25, 0.3) is 11.3 Å². The van der Waals surface area contributed by atoms with E-state index >= 15 is 0 Å². The number of benzene rings is 3. The van der Waals surface area contributed by atoms with Crippen molar-refractivity contribution < 1.29 is 14.3 Å². The van der Waals surface area contributed by atoms with Gasteiger partial charge in [-0.2, -0.15) is 0 Å². The molecule has 0 radical (unpaired) electrons. The third-order valence-corrected chi connectivity index (χ3v) is 7.10. The van der Waals surface area contributed by atoms with Crippen molar-refractivity contribution in [2.24, 2.45) is 0 Å². The lowest BCUT2D eigenvalue weighted by Crippen LogP contribution is -2.20. The summed E-state index contributed by atoms with van der Waals surface area (Å²) in [6.07, 6.45) is 5.40. The second-order valence-corrected chi connectivity index (χ2v) is 9.48. The second-order valence-electron chi connectivity index (χ2n) is 9.48. The number of ketones is 1. The minimum atomic E-state index is -0.396. The molecule has 0 saturated heterocycles. The SMILES string of the molecule is Cc1c(C(=O)OCc2ccccc2)c(-c2ccccc2)n(C2CCCCC2)c1C(=O)c1ccccc1. The molecule has 1 heterocycles. The van der Waals surface area contributed by atoms with Gasteiger partial charge in [-0.05, 0) is 36.5 Å². The van der Waals surface area contributed by atoms with Crippen LogP contribution < -0.4 is 0 Å². The second kappa shape index (κ2) is 10.8. The summed E-state index contributed by atoms with van der Waals surface area (Å²) in [5, 5.41) is 0. The van der Waals surface area contributed by atoms with Crippen molar-refractivity contribution >= 4 is 11.8 Å². The largest absolute Gasteiger partial charge is 0.457 e. The highest BCUT2D eigenvalue weighted by Crippen LogP contribution is 2.40. The molecular formula is C32H31NO3. The van der Waals surface area contributed by atoms with E-state index in [2.05, 4.69) is 4.57 Å². The van der Waals surface area contributed by atoms with E-state index in [1.165, 1.54) is 6.42 Å². The van der Waals surface area contributed by atoms with Crippen molar-refractivity contribution in [3.8, 4) is 11.3 Å². The first-order valence-corrected chi connectivity index (χ1v) is 12.8. The molecule has 0 amide bonds. The molecule has 0 spiro atoms. The van der Waals surface area contributed by atoms with Crippen LogP contribution >= 0.6 is 0 Å². The molecule has 0 unspecified atom stereocenters. The number of aromatic nitrogens is 1. The van der Waals surface area contributed by atoms with E-state index in [0.29, 0.717) is 22.4 Å². The van der Waals surface area contributed by atoms with E-state index in [9.17, 15) is 9.59 Å². The normalized spacial score (nSPS) is 13.9. The van der Waals surface area contributed by atoms with Crippen LogP contribution in [0.5, 0.6) is 0 Å². The summed E-state index contributed by atoms with van der Waals surface area (Å²) in [4.78, 5) is 27.7. The Balaban J connectivity index is 1.68. The molecule has 1 saturated carbocycles. The molecule has 1 aliphatic carbocycles.